The van der Waals surface area contributed by atoms with Crippen LogP contribution in [0.5, 0.6) is 0 Å². The Morgan fingerprint density at radius 1 is 1.33 bits per heavy atom. The van der Waals surface area contributed by atoms with Gasteiger partial charge in [-0.25, -0.2) is 0 Å². The fourth-order valence-electron chi connectivity index (χ4n) is 3.23. The van der Waals surface area contributed by atoms with Gasteiger partial charge in [0.15, 0.2) is 0 Å². The minimum atomic E-state index is -0.422. The molecule has 0 bridgehead atoms. The van der Waals surface area contributed by atoms with Gasteiger partial charge >= 0.3 is 0 Å². The molecule has 0 aromatic rings. The first-order valence-electron chi connectivity index (χ1n) is 6.48. The predicted octanol–water partition coefficient (Wildman–Crippen LogP) is 4.00. The summed E-state index contributed by atoms with van der Waals surface area (Å²) in [5.41, 5.74) is -0.109. The summed E-state index contributed by atoms with van der Waals surface area (Å²) in [6.07, 6.45) is 5.65. The molecule has 1 N–H and O–H groups in total. The molecule has 0 radical (unpaired) electrons. The van der Waals surface area contributed by atoms with Crippen LogP contribution in [0.2, 0.25) is 0 Å². The van der Waals surface area contributed by atoms with Crippen LogP contribution in [0.4, 0.5) is 0 Å². The van der Waals surface area contributed by atoms with Crippen LogP contribution in [0.3, 0.4) is 0 Å². The highest BCUT2D eigenvalue weighted by Crippen LogP contribution is 2.44. The van der Waals surface area contributed by atoms with Gasteiger partial charge in [-0.2, -0.15) is 0 Å². The Bertz CT molecular complexity index is 207. The number of rotatable bonds is 2. The molecule has 0 saturated heterocycles. The van der Waals surface area contributed by atoms with Crippen molar-refractivity contribution < 1.29 is 5.11 Å². The Balaban J connectivity index is 2.80. The third kappa shape index (κ3) is 3.48. The summed E-state index contributed by atoms with van der Waals surface area (Å²) < 4.78 is 0. The second kappa shape index (κ2) is 4.45. The van der Waals surface area contributed by atoms with Gasteiger partial charge < -0.3 is 5.11 Å². The lowest BCUT2D eigenvalue weighted by Gasteiger charge is -2.38. The molecule has 0 aromatic carbocycles. The van der Waals surface area contributed by atoms with Crippen LogP contribution in [-0.2, 0) is 0 Å². The first-order chi connectivity index (χ1) is 6.75. The first-order valence-corrected chi connectivity index (χ1v) is 6.48. The maximum atomic E-state index is 10.8. The van der Waals surface area contributed by atoms with Crippen molar-refractivity contribution >= 4 is 0 Å². The van der Waals surface area contributed by atoms with Gasteiger partial charge in [-0.05, 0) is 42.9 Å². The van der Waals surface area contributed by atoms with E-state index in [1.54, 1.807) is 0 Å². The van der Waals surface area contributed by atoms with Gasteiger partial charge in [0, 0.05) is 0 Å². The Morgan fingerprint density at radius 3 is 2.47 bits per heavy atom. The van der Waals surface area contributed by atoms with Crippen molar-refractivity contribution in [3.05, 3.63) is 0 Å². The lowest BCUT2D eigenvalue weighted by molar-refractivity contribution is -0.0546. The Labute approximate surface area is 95.3 Å². The van der Waals surface area contributed by atoms with Gasteiger partial charge in [0.1, 0.15) is 0 Å². The minimum absolute atomic E-state index is 0.314. The summed E-state index contributed by atoms with van der Waals surface area (Å²) in [4.78, 5) is 0. The van der Waals surface area contributed by atoms with Gasteiger partial charge in [-0.3, -0.25) is 0 Å². The third-order valence-corrected chi connectivity index (χ3v) is 3.95. The smallest absolute Gasteiger partial charge is 0.0680 e. The summed E-state index contributed by atoms with van der Waals surface area (Å²) in [6, 6.07) is 0. The van der Waals surface area contributed by atoms with E-state index < -0.39 is 5.60 Å². The largest absolute Gasteiger partial charge is 0.390 e. The van der Waals surface area contributed by atoms with Crippen molar-refractivity contribution in [3.8, 4) is 0 Å². The highest BCUT2D eigenvalue weighted by Gasteiger charge is 2.41. The van der Waals surface area contributed by atoms with Crippen molar-refractivity contribution in [2.45, 2.75) is 72.3 Å². The van der Waals surface area contributed by atoms with Gasteiger partial charge in [0.05, 0.1) is 5.60 Å². The normalized spacial score (nSPS) is 36.6. The van der Waals surface area contributed by atoms with E-state index in [0.717, 1.165) is 12.8 Å². The lowest BCUT2D eigenvalue weighted by atomic mass is 9.72. The number of aliphatic hydroxyl groups is 1. The molecule has 1 aliphatic rings. The van der Waals surface area contributed by atoms with E-state index in [9.17, 15) is 5.11 Å². The van der Waals surface area contributed by atoms with Crippen LogP contribution >= 0.6 is 0 Å². The van der Waals surface area contributed by atoms with E-state index in [2.05, 4.69) is 34.6 Å². The maximum absolute atomic E-state index is 10.8. The van der Waals surface area contributed by atoms with Crippen LogP contribution in [0.1, 0.15) is 66.7 Å². The zero-order valence-corrected chi connectivity index (χ0v) is 11.1. The fourth-order valence-corrected chi connectivity index (χ4v) is 3.23. The molecule has 1 fully saturated rings. The predicted molar refractivity (Wildman–Crippen MR) is 65.8 cm³/mol. The van der Waals surface area contributed by atoms with Crippen molar-refractivity contribution in [1.82, 2.24) is 0 Å². The molecular weight excluding hydrogens is 184 g/mol. The molecule has 0 heterocycles. The van der Waals surface area contributed by atoms with Crippen LogP contribution in [0.15, 0.2) is 0 Å². The summed E-state index contributed by atoms with van der Waals surface area (Å²) in [7, 11) is 0. The Morgan fingerprint density at radius 2 is 1.93 bits per heavy atom. The van der Waals surface area contributed by atoms with Crippen molar-refractivity contribution in [2.24, 2.45) is 17.3 Å². The van der Waals surface area contributed by atoms with E-state index in [1.165, 1.54) is 19.3 Å². The molecule has 0 spiro atoms. The summed E-state index contributed by atoms with van der Waals surface area (Å²) in [6.45, 7) is 11.3. The van der Waals surface area contributed by atoms with E-state index in [-0.39, 0.29) is 0 Å². The summed E-state index contributed by atoms with van der Waals surface area (Å²) >= 11 is 0. The highest BCUT2D eigenvalue weighted by molar-refractivity contribution is 4.93. The summed E-state index contributed by atoms with van der Waals surface area (Å²) in [5.74, 6) is 1.05. The molecule has 15 heavy (non-hydrogen) atoms. The molecule has 0 amide bonds. The fraction of sp³-hybridized carbons (Fsp3) is 1.00. The van der Waals surface area contributed by atoms with Crippen LogP contribution in [0, 0.1) is 17.3 Å². The average Bonchev–Trinajstić information content (AvgIpc) is 2.07. The molecule has 90 valence electrons. The second-order valence-electron chi connectivity index (χ2n) is 6.84. The minimum Gasteiger partial charge on any atom is -0.390 e. The Hall–Kier alpha value is -0.0400. The zero-order chi connectivity index (χ0) is 11.7. The highest BCUT2D eigenvalue weighted by atomic mass is 16.3. The van der Waals surface area contributed by atoms with Gasteiger partial charge in [0.2, 0.25) is 0 Å². The van der Waals surface area contributed by atoms with Gasteiger partial charge in [0.25, 0.3) is 0 Å². The molecule has 2 unspecified atom stereocenters. The molecular formula is C14H28O. The monoisotopic (exact) mass is 212 g/mol. The van der Waals surface area contributed by atoms with E-state index in [0.29, 0.717) is 17.3 Å². The molecule has 1 heteroatoms. The van der Waals surface area contributed by atoms with Gasteiger partial charge in [-0.1, -0.05) is 41.0 Å². The van der Waals surface area contributed by atoms with E-state index >= 15 is 0 Å². The van der Waals surface area contributed by atoms with Crippen LogP contribution in [-0.4, -0.2) is 10.7 Å². The Kier molecular flexibility index (Phi) is 3.86. The van der Waals surface area contributed by atoms with E-state index in [1.807, 2.05) is 0 Å². The second-order valence-corrected chi connectivity index (χ2v) is 6.84. The maximum Gasteiger partial charge on any atom is 0.0680 e. The van der Waals surface area contributed by atoms with Gasteiger partial charge in [-0.15, -0.1) is 0 Å². The molecule has 1 saturated carbocycles. The van der Waals surface area contributed by atoms with Crippen LogP contribution in [0.25, 0.3) is 0 Å². The molecule has 2 atom stereocenters. The summed E-state index contributed by atoms with van der Waals surface area (Å²) in [5, 5.41) is 10.8. The third-order valence-electron chi connectivity index (χ3n) is 3.95. The first kappa shape index (κ1) is 13.0. The topological polar surface area (TPSA) is 20.2 Å². The number of hydrogen-bond donors (Lipinski definition) is 1. The standard InChI is InChI=1S/C14H28O/c1-11(2)9-14(15)10-13(4,5)8-6-7-12(14)3/h11-12,15H,6-10H2,1-5H3. The van der Waals surface area contributed by atoms with Crippen molar-refractivity contribution in [1.29, 1.82) is 0 Å². The SMILES string of the molecule is CC(C)CC1(O)CC(C)(C)CCCC1C. The van der Waals surface area contributed by atoms with Crippen LogP contribution < -0.4 is 0 Å². The molecule has 0 aliphatic heterocycles. The molecule has 1 nitrogen and oxygen atoms in total. The lowest BCUT2D eigenvalue weighted by Crippen LogP contribution is -2.40. The van der Waals surface area contributed by atoms with Crippen molar-refractivity contribution in [3.63, 3.8) is 0 Å². The van der Waals surface area contributed by atoms with E-state index in [4.69, 9.17) is 0 Å². The average molecular weight is 212 g/mol. The van der Waals surface area contributed by atoms with Crippen molar-refractivity contribution in [2.75, 3.05) is 0 Å². The molecule has 1 aliphatic carbocycles. The number of hydrogen-bond acceptors (Lipinski definition) is 1. The zero-order valence-electron chi connectivity index (χ0n) is 11.1. The molecule has 1 rings (SSSR count). The quantitative estimate of drug-likeness (QED) is 0.686. The molecule has 0 aromatic heterocycles.